The van der Waals surface area contributed by atoms with E-state index in [1.807, 2.05) is 0 Å². The summed E-state index contributed by atoms with van der Waals surface area (Å²) in [5.41, 5.74) is -1.25. The van der Waals surface area contributed by atoms with E-state index in [1.165, 1.54) is 0 Å². The van der Waals surface area contributed by atoms with Crippen molar-refractivity contribution >= 4 is 22.2 Å². The van der Waals surface area contributed by atoms with Crippen LogP contribution in [0.5, 0.6) is 0 Å². The van der Waals surface area contributed by atoms with Gasteiger partial charge in [-0.2, -0.15) is 17.2 Å². The number of alkyl halides is 2. The van der Waals surface area contributed by atoms with Crippen molar-refractivity contribution in [3.8, 4) is 0 Å². The Labute approximate surface area is 190 Å². The van der Waals surface area contributed by atoms with E-state index in [0.717, 1.165) is 19.3 Å². The van der Waals surface area contributed by atoms with Gasteiger partial charge in [0.2, 0.25) is 0 Å². The normalized spacial score (nSPS) is 48.2. The molecule has 0 spiro atoms. The summed E-state index contributed by atoms with van der Waals surface area (Å²) in [5.74, 6) is -4.72. The molecule has 184 valence electrons. The number of esters is 1. The number of halogens is 2. The molecule has 0 amide bonds. The molecule has 0 aromatic rings. The van der Waals surface area contributed by atoms with Crippen molar-refractivity contribution in [2.24, 2.45) is 29.1 Å². The highest BCUT2D eigenvalue weighted by Crippen LogP contribution is 2.63. The molecule has 11 heteroatoms. The van der Waals surface area contributed by atoms with Gasteiger partial charge in [0.15, 0.2) is 0 Å². The fourth-order valence-corrected chi connectivity index (χ4v) is 10.2. The molecule has 7 rings (SSSR count). The predicted molar refractivity (Wildman–Crippen MR) is 107 cm³/mol. The Morgan fingerprint density at radius 1 is 1.09 bits per heavy atom. The molecule has 0 N–H and O–H groups in total. The van der Waals surface area contributed by atoms with Gasteiger partial charge in [0.1, 0.15) is 17.8 Å². The van der Waals surface area contributed by atoms with E-state index in [4.69, 9.17) is 18.4 Å². The third kappa shape index (κ3) is 3.47. The zero-order valence-electron chi connectivity index (χ0n) is 18.3. The molecular weight excluding hydrogens is 462 g/mol. The third-order valence-corrected chi connectivity index (χ3v) is 10.7. The maximum Gasteiger partial charge on any atom is 0.509 e. The number of hydrogen-bond acceptors (Lipinski definition) is 8. The van der Waals surface area contributed by atoms with Crippen LogP contribution in [0.2, 0.25) is 0 Å². The first kappa shape index (κ1) is 22.0. The van der Waals surface area contributed by atoms with Crippen LogP contribution in [-0.2, 0) is 33.3 Å². The summed E-state index contributed by atoms with van der Waals surface area (Å²) in [5, 5.41) is -0.496. The van der Waals surface area contributed by atoms with Crippen molar-refractivity contribution < 1.29 is 45.2 Å². The molecule has 6 aliphatic carbocycles. The van der Waals surface area contributed by atoms with Crippen molar-refractivity contribution in [2.75, 3.05) is 6.61 Å². The lowest BCUT2D eigenvalue weighted by molar-refractivity contribution is -0.203. The van der Waals surface area contributed by atoms with Gasteiger partial charge in [0, 0.05) is 24.2 Å². The van der Waals surface area contributed by atoms with Crippen LogP contribution < -0.4 is 0 Å². The van der Waals surface area contributed by atoms with Crippen molar-refractivity contribution in [3.63, 3.8) is 0 Å². The van der Waals surface area contributed by atoms with Gasteiger partial charge in [0.05, 0.1) is 11.9 Å². The van der Waals surface area contributed by atoms with Crippen LogP contribution >= 0.6 is 0 Å². The van der Waals surface area contributed by atoms with Crippen molar-refractivity contribution in [2.45, 2.75) is 87.3 Å². The van der Waals surface area contributed by atoms with E-state index < -0.39 is 56.6 Å². The van der Waals surface area contributed by atoms with Crippen LogP contribution in [0.1, 0.15) is 58.3 Å². The summed E-state index contributed by atoms with van der Waals surface area (Å²) in [6, 6.07) is 0. The summed E-state index contributed by atoms with van der Waals surface area (Å²) >= 11 is 0. The fourth-order valence-electron chi connectivity index (χ4n) is 8.35. The van der Waals surface area contributed by atoms with Crippen LogP contribution in [0.25, 0.3) is 0 Å². The second-order valence-electron chi connectivity index (χ2n) is 11.5. The largest absolute Gasteiger partial charge is 0.509 e. The summed E-state index contributed by atoms with van der Waals surface area (Å²) in [4.78, 5) is 24.5. The maximum absolute atomic E-state index is 13.3. The molecule has 7 aliphatic rings. The van der Waals surface area contributed by atoms with Crippen LogP contribution in [0.15, 0.2) is 0 Å². The van der Waals surface area contributed by atoms with Gasteiger partial charge >= 0.3 is 18.0 Å². The molecule has 1 saturated heterocycles. The molecule has 7 atom stereocenters. The summed E-state index contributed by atoms with van der Waals surface area (Å²) in [7, 11) is -3.60. The molecule has 6 bridgehead atoms. The number of carbonyl (C=O) groups is 2. The van der Waals surface area contributed by atoms with Gasteiger partial charge in [-0.1, -0.05) is 0 Å². The minimum atomic E-state index is -3.60. The van der Waals surface area contributed by atoms with Gasteiger partial charge < -0.3 is 14.2 Å². The standard InChI is InChI=1S/C22H28F2O8S/c1-20(23,24)18(25)29-10-21-5-11-2-12(6-21)8-22(7-11,9-21)31-19(26)30-16-13-3-14-15(4-13)33(27,28)32-17(14)16/h11-17H,2-10H2,1H3. The smallest absolute Gasteiger partial charge is 0.461 e. The van der Waals surface area contributed by atoms with E-state index in [9.17, 15) is 26.8 Å². The topological polar surface area (TPSA) is 105 Å². The summed E-state index contributed by atoms with van der Waals surface area (Å²) in [6.07, 6.45) is 3.30. The molecule has 0 aromatic heterocycles. The first-order chi connectivity index (χ1) is 15.4. The van der Waals surface area contributed by atoms with E-state index >= 15 is 0 Å². The number of carbonyl (C=O) groups excluding carboxylic acids is 2. The van der Waals surface area contributed by atoms with Gasteiger partial charge in [-0.3, -0.25) is 4.18 Å². The van der Waals surface area contributed by atoms with Crippen LogP contribution in [0, 0.1) is 29.1 Å². The lowest BCUT2D eigenvalue weighted by Gasteiger charge is -2.60. The Kier molecular flexibility index (Phi) is 4.53. The fraction of sp³-hybridized carbons (Fsp3) is 0.909. The van der Waals surface area contributed by atoms with Crippen molar-refractivity contribution in [1.29, 1.82) is 0 Å². The van der Waals surface area contributed by atoms with E-state index in [2.05, 4.69) is 0 Å². The molecule has 0 radical (unpaired) electrons. The molecule has 1 heterocycles. The zero-order chi connectivity index (χ0) is 23.4. The highest BCUT2D eigenvalue weighted by atomic mass is 32.2. The quantitative estimate of drug-likeness (QED) is 0.428. The maximum atomic E-state index is 13.3. The number of hydrogen-bond donors (Lipinski definition) is 0. The summed E-state index contributed by atoms with van der Waals surface area (Å²) < 4.78 is 72.7. The highest BCUT2D eigenvalue weighted by molar-refractivity contribution is 7.87. The van der Waals surface area contributed by atoms with Crippen LogP contribution in [-0.4, -0.2) is 56.1 Å². The average molecular weight is 491 g/mol. The van der Waals surface area contributed by atoms with Crippen molar-refractivity contribution in [1.82, 2.24) is 0 Å². The second kappa shape index (κ2) is 6.80. The Morgan fingerprint density at radius 2 is 1.79 bits per heavy atom. The third-order valence-electron chi connectivity index (χ3n) is 8.94. The van der Waals surface area contributed by atoms with Gasteiger partial charge in [-0.15, -0.1) is 0 Å². The molecule has 8 nitrogen and oxygen atoms in total. The summed E-state index contributed by atoms with van der Waals surface area (Å²) in [6.45, 7) is 0.413. The first-order valence-corrected chi connectivity index (χ1v) is 13.2. The predicted octanol–water partition coefficient (Wildman–Crippen LogP) is 3.18. The van der Waals surface area contributed by atoms with Gasteiger partial charge in [-0.25, -0.2) is 9.59 Å². The monoisotopic (exact) mass is 490 g/mol. The molecule has 33 heavy (non-hydrogen) atoms. The Morgan fingerprint density at radius 3 is 2.45 bits per heavy atom. The van der Waals surface area contributed by atoms with Crippen LogP contribution in [0.3, 0.4) is 0 Å². The molecule has 7 unspecified atom stereocenters. The molecule has 1 aliphatic heterocycles. The Bertz CT molecular complexity index is 977. The molecule has 6 saturated carbocycles. The number of ether oxygens (including phenoxy) is 3. The van der Waals surface area contributed by atoms with E-state index in [0.29, 0.717) is 39.0 Å². The molecule has 0 aromatic carbocycles. The van der Waals surface area contributed by atoms with Crippen LogP contribution in [0.4, 0.5) is 13.6 Å². The van der Waals surface area contributed by atoms with Crippen molar-refractivity contribution in [3.05, 3.63) is 0 Å². The minimum Gasteiger partial charge on any atom is -0.461 e. The average Bonchev–Trinajstić information content (AvgIpc) is 3.28. The van der Waals surface area contributed by atoms with Gasteiger partial charge in [0.25, 0.3) is 10.1 Å². The van der Waals surface area contributed by atoms with Gasteiger partial charge in [-0.05, 0) is 63.2 Å². The number of fused-ring (bicyclic) bond motifs is 1. The second-order valence-corrected chi connectivity index (χ2v) is 13.3. The van der Waals surface area contributed by atoms with E-state index in [1.54, 1.807) is 0 Å². The lowest BCUT2D eigenvalue weighted by Crippen LogP contribution is -2.59. The SMILES string of the molecule is CC(F)(F)C(=O)OCC12CC3CC(C1)CC(OC(=O)OC1C4CC5C1OS(=O)(=O)C5C4)(C3)C2. The molecule has 7 fully saturated rings. The minimum absolute atomic E-state index is 0.0485. The lowest BCUT2D eigenvalue weighted by atomic mass is 9.48. The highest BCUT2D eigenvalue weighted by Gasteiger charge is 2.66. The Balaban J connectivity index is 1.13. The first-order valence-electron chi connectivity index (χ1n) is 11.7. The Hall–Kier alpha value is -1.49. The van der Waals surface area contributed by atoms with E-state index in [-0.39, 0.29) is 30.3 Å². The number of rotatable bonds is 5. The molecular formula is C22H28F2O8S. The zero-order valence-corrected chi connectivity index (χ0v) is 19.2.